The fraction of sp³-hybridized carbons (Fsp3) is 0.583. The van der Waals surface area contributed by atoms with Crippen LogP contribution in [0.3, 0.4) is 0 Å². The Morgan fingerprint density at radius 3 is 2.56 bits per heavy atom. The summed E-state index contributed by atoms with van der Waals surface area (Å²) in [5.41, 5.74) is 0.322. The lowest BCUT2D eigenvalue weighted by Crippen LogP contribution is -2.44. The third-order valence-electron chi connectivity index (χ3n) is 7.17. The average molecular weight is 473 g/mol. The maximum atomic E-state index is 12.9. The quantitative estimate of drug-likeness (QED) is 0.389. The van der Waals surface area contributed by atoms with Gasteiger partial charge in [-0.25, -0.2) is 9.59 Å². The normalized spacial score (nSPS) is 31.7. The number of rotatable bonds is 8. The van der Waals surface area contributed by atoms with Crippen molar-refractivity contribution in [3.05, 3.63) is 35.9 Å². The number of ether oxygens (including phenoxy) is 5. The van der Waals surface area contributed by atoms with Crippen molar-refractivity contribution in [2.45, 2.75) is 18.6 Å². The third kappa shape index (κ3) is 4.39. The first kappa shape index (κ1) is 22.8. The highest BCUT2D eigenvalue weighted by atomic mass is 16.6. The van der Waals surface area contributed by atoms with Crippen LogP contribution in [0.4, 0.5) is 0 Å². The van der Waals surface area contributed by atoms with Crippen LogP contribution in [0, 0.1) is 23.7 Å². The summed E-state index contributed by atoms with van der Waals surface area (Å²) in [5.74, 6) is -4.10. The Bertz CT molecular complexity index is 945. The molecule has 4 fully saturated rings. The van der Waals surface area contributed by atoms with Gasteiger partial charge >= 0.3 is 23.9 Å². The number of morpholine rings is 1. The molecule has 1 aromatic rings. The smallest absolute Gasteiger partial charge is 0.344 e. The molecule has 34 heavy (non-hydrogen) atoms. The molecule has 6 atom stereocenters. The van der Waals surface area contributed by atoms with E-state index in [1.165, 1.54) is 0 Å². The van der Waals surface area contributed by atoms with Gasteiger partial charge in [0, 0.05) is 31.5 Å². The standard InChI is InChI=1S/C24H27NO9/c26-17(13-32-22(27)14-4-2-1-3-5-14)33-20-15-12-16-19(24(29)34-21(16)20)18(15)23(28)31-11-8-25-6-9-30-10-7-25/h1-5,15-16,18-21H,6-13H2. The molecule has 10 heteroatoms. The Morgan fingerprint density at radius 1 is 1.03 bits per heavy atom. The number of carbonyl (C=O) groups excluding carboxylic acids is 4. The second-order valence-electron chi connectivity index (χ2n) is 9.03. The summed E-state index contributed by atoms with van der Waals surface area (Å²) < 4.78 is 26.9. The van der Waals surface area contributed by atoms with Gasteiger partial charge in [0.15, 0.2) is 6.61 Å². The van der Waals surface area contributed by atoms with Gasteiger partial charge in [-0.05, 0) is 18.6 Å². The molecule has 1 aromatic carbocycles. The lowest BCUT2D eigenvalue weighted by molar-refractivity contribution is -0.168. The van der Waals surface area contributed by atoms with Crippen molar-refractivity contribution in [3.8, 4) is 0 Å². The summed E-state index contributed by atoms with van der Waals surface area (Å²) in [6.45, 7) is 3.13. The van der Waals surface area contributed by atoms with Gasteiger partial charge in [-0.1, -0.05) is 18.2 Å². The number of benzene rings is 1. The van der Waals surface area contributed by atoms with Crippen molar-refractivity contribution in [2.24, 2.45) is 23.7 Å². The molecule has 0 aromatic heterocycles. The predicted molar refractivity (Wildman–Crippen MR) is 113 cm³/mol. The molecular weight excluding hydrogens is 446 g/mol. The molecule has 2 aliphatic carbocycles. The molecule has 182 valence electrons. The maximum absolute atomic E-state index is 12.9. The first-order valence-corrected chi connectivity index (χ1v) is 11.6. The van der Waals surface area contributed by atoms with Gasteiger partial charge in [-0.3, -0.25) is 14.5 Å². The maximum Gasteiger partial charge on any atom is 0.344 e. The van der Waals surface area contributed by atoms with Gasteiger partial charge in [0.1, 0.15) is 18.8 Å². The van der Waals surface area contributed by atoms with Gasteiger partial charge in [0.2, 0.25) is 0 Å². The van der Waals surface area contributed by atoms with Crippen LogP contribution in [-0.4, -0.2) is 87.0 Å². The minimum Gasteiger partial charge on any atom is -0.464 e. The zero-order chi connectivity index (χ0) is 23.7. The lowest BCUT2D eigenvalue weighted by Gasteiger charge is -2.30. The molecule has 4 aliphatic rings. The van der Waals surface area contributed by atoms with Gasteiger partial charge in [0.05, 0.1) is 30.6 Å². The highest BCUT2D eigenvalue weighted by Crippen LogP contribution is 2.59. The van der Waals surface area contributed by atoms with Crippen LogP contribution in [0.15, 0.2) is 30.3 Å². The molecule has 0 spiro atoms. The van der Waals surface area contributed by atoms with Crippen molar-refractivity contribution >= 4 is 23.9 Å². The van der Waals surface area contributed by atoms with E-state index in [0.29, 0.717) is 31.7 Å². The Morgan fingerprint density at radius 2 is 1.79 bits per heavy atom. The fourth-order valence-corrected chi connectivity index (χ4v) is 5.63. The summed E-state index contributed by atoms with van der Waals surface area (Å²) in [7, 11) is 0. The molecule has 2 saturated carbocycles. The molecule has 0 radical (unpaired) electrons. The molecular formula is C24H27NO9. The monoisotopic (exact) mass is 473 g/mol. The summed E-state index contributed by atoms with van der Waals surface area (Å²) in [4.78, 5) is 52.0. The number of fused-ring (bicyclic) bond motifs is 1. The minimum absolute atomic E-state index is 0.182. The number of hydrogen-bond acceptors (Lipinski definition) is 10. The van der Waals surface area contributed by atoms with Crippen LogP contribution in [0.5, 0.6) is 0 Å². The van der Waals surface area contributed by atoms with Gasteiger partial charge in [-0.2, -0.15) is 0 Å². The van der Waals surface area contributed by atoms with E-state index in [-0.39, 0.29) is 18.4 Å². The highest BCUT2D eigenvalue weighted by Gasteiger charge is 2.70. The summed E-state index contributed by atoms with van der Waals surface area (Å²) >= 11 is 0. The summed E-state index contributed by atoms with van der Waals surface area (Å²) in [6, 6.07) is 8.30. The largest absolute Gasteiger partial charge is 0.464 e. The van der Waals surface area contributed by atoms with E-state index in [1.54, 1.807) is 30.3 Å². The molecule has 0 amide bonds. The van der Waals surface area contributed by atoms with Gasteiger partial charge in [0.25, 0.3) is 0 Å². The third-order valence-corrected chi connectivity index (χ3v) is 7.17. The lowest BCUT2D eigenvalue weighted by atomic mass is 9.78. The number of carbonyl (C=O) groups is 4. The summed E-state index contributed by atoms with van der Waals surface area (Å²) in [5, 5.41) is 0. The first-order chi connectivity index (χ1) is 16.5. The zero-order valence-electron chi connectivity index (χ0n) is 18.6. The predicted octanol–water partition coefficient (Wildman–Crippen LogP) is 0.438. The van der Waals surface area contributed by atoms with E-state index >= 15 is 0 Å². The van der Waals surface area contributed by atoms with Crippen molar-refractivity contribution in [1.29, 1.82) is 0 Å². The topological polar surface area (TPSA) is 118 Å². The molecule has 6 unspecified atom stereocenters. The zero-order valence-corrected chi connectivity index (χ0v) is 18.6. The van der Waals surface area contributed by atoms with E-state index in [4.69, 9.17) is 23.7 Å². The summed E-state index contributed by atoms with van der Waals surface area (Å²) in [6.07, 6.45) is -0.785. The SMILES string of the molecule is O=C(COC(=O)c1ccccc1)OC1C2CC3C1OC(=O)C3C2C(=O)OCCN1CCOCC1. The van der Waals surface area contributed by atoms with Crippen molar-refractivity contribution in [3.63, 3.8) is 0 Å². The molecule has 2 aliphatic heterocycles. The van der Waals surface area contributed by atoms with Crippen LogP contribution >= 0.6 is 0 Å². The molecule has 2 saturated heterocycles. The van der Waals surface area contributed by atoms with Crippen LogP contribution in [0.1, 0.15) is 16.8 Å². The Hall–Kier alpha value is -2.98. The second-order valence-corrected chi connectivity index (χ2v) is 9.03. The van der Waals surface area contributed by atoms with Gasteiger partial charge < -0.3 is 23.7 Å². The first-order valence-electron chi connectivity index (χ1n) is 11.6. The number of esters is 4. The van der Waals surface area contributed by atoms with Crippen LogP contribution < -0.4 is 0 Å². The highest BCUT2D eigenvalue weighted by molar-refractivity contribution is 5.90. The molecule has 5 rings (SSSR count). The molecule has 2 bridgehead atoms. The number of hydrogen-bond donors (Lipinski definition) is 0. The van der Waals surface area contributed by atoms with Crippen molar-refractivity contribution in [2.75, 3.05) is 46.1 Å². The Labute approximate surface area is 196 Å². The van der Waals surface area contributed by atoms with Crippen LogP contribution in [0.25, 0.3) is 0 Å². The van der Waals surface area contributed by atoms with Crippen molar-refractivity contribution < 1.29 is 42.9 Å². The van der Waals surface area contributed by atoms with Gasteiger partial charge in [-0.15, -0.1) is 0 Å². The molecule has 0 N–H and O–H groups in total. The average Bonchev–Trinajstić information content (AvgIpc) is 3.48. The van der Waals surface area contributed by atoms with E-state index in [2.05, 4.69) is 4.90 Å². The molecule has 10 nitrogen and oxygen atoms in total. The van der Waals surface area contributed by atoms with E-state index in [9.17, 15) is 19.2 Å². The van der Waals surface area contributed by atoms with E-state index < -0.39 is 54.5 Å². The van der Waals surface area contributed by atoms with Crippen molar-refractivity contribution in [1.82, 2.24) is 4.90 Å². The number of nitrogens with zero attached hydrogens (tertiary/aromatic N) is 1. The Kier molecular flexibility index (Phi) is 6.51. The van der Waals surface area contributed by atoms with E-state index in [0.717, 1.165) is 13.1 Å². The van der Waals surface area contributed by atoms with E-state index in [1.807, 2.05) is 0 Å². The minimum atomic E-state index is -0.757. The molecule has 2 heterocycles. The van der Waals surface area contributed by atoms with Crippen LogP contribution in [-0.2, 0) is 38.1 Å². The second kappa shape index (κ2) is 9.71. The Balaban J connectivity index is 1.16. The fourth-order valence-electron chi connectivity index (χ4n) is 5.63. The van der Waals surface area contributed by atoms with Crippen LogP contribution in [0.2, 0.25) is 0 Å².